The van der Waals surface area contributed by atoms with Crippen LogP contribution >= 0.6 is 0 Å². The molecule has 0 radical (unpaired) electrons. The number of hydrogen-bond acceptors (Lipinski definition) is 5. The molecule has 20 heavy (non-hydrogen) atoms. The third kappa shape index (κ3) is 6.02. The van der Waals surface area contributed by atoms with E-state index in [0.717, 1.165) is 6.42 Å². The molecule has 5 nitrogen and oxygen atoms in total. The van der Waals surface area contributed by atoms with Gasteiger partial charge in [0, 0.05) is 6.54 Å². The van der Waals surface area contributed by atoms with E-state index in [0.29, 0.717) is 30.8 Å². The van der Waals surface area contributed by atoms with E-state index in [1.165, 1.54) is 0 Å². The van der Waals surface area contributed by atoms with Gasteiger partial charge >= 0.3 is 0 Å². The van der Waals surface area contributed by atoms with Crippen LogP contribution in [0.4, 0.5) is 0 Å². The standard InChI is InChI=1S/C15H22N2O3/c1-2-13(18)7-8-17-10-14(19)11-20-15-6-4-3-5-12(15)9-16/h3-6,13-14,17-19H,2,7-8,10-11H2,1H3. The molecule has 1 rings (SSSR count). The average Bonchev–Trinajstić information content (AvgIpc) is 2.49. The number of aliphatic hydroxyl groups excluding tert-OH is 2. The molecule has 0 aliphatic rings. The van der Waals surface area contributed by atoms with Crippen molar-refractivity contribution in [1.82, 2.24) is 5.32 Å². The summed E-state index contributed by atoms with van der Waals surface area (Å²) in [5, 5.41) is 31.1. The van der Waals surface area contributed by atoms with E-state index in [9.17, 15) is 10.2 Å². The molecule has 0 fully saturated rings. The molecule has 1 aromatic rings. The van der Waals surface area contributed by atoms with E-state index < -0.39 is 6.10 Å². The van der Waals surface area contributed by atoms with Crippen molar-refractivity contribution in [3.05, 3.63) is 29.8 Å². The number of aliphatic hydroxyl groups is 2. The first-order valence-corrected chi connectivity index (χ1v) is 6.86. The highest BCUT2D eigenvalue weighted by atomic mass is 16.5. The first-order valence-electron chi connectivity index (χ1n) is 6.86. The van der Waals surface area contributed by atoms with Crippen LogP contribution in [0.25, 0.3) is 0 Å². The van der Waals surface area contributed by atoms with Crippen LogP contribution in [0.1, 0.15) is 25.3 Å². The summed E-state index contributed by atoms with van der Waals surface area (Å²) in [5.74, 6) is 0.482. The molecular formula is C15H22N2O3. The van der Waals surface area contributed by atoms with Crippen molar-refractivity contribution in [1.29, 1.82) is 5.26 Å². The minimum absolute atomic E-state index is 0.127. The highest BCUT2D eigenvalue weighted by Crippen LogP contribution is 2.16. The Morgan fingerprint density at radius 3 is 2.75 bits per heavy atom. The van der Waals surface area contributed by atoms with Gasteiger partial charge in [-0.25, -0.2) is 0 Å². The number of nitriles is 1. The van der Waals surface area contributed by atoms with E-state index in [1.807, 2.05) is 13.0 Å². The lowest BCUT2D eigenvalue weighted by molar-refractivity contribution is 0.103. The smallest absolute Gasteiger partial charge is 0.137 e. The van der Waals surface area contributed by atoms with Crippen LogP contribution in [0.2, 0.25) is 0 Å². The fraction of sp³-hybridized carbons (Fsp3) is 0.533. The third-order valence-electron chi connectivity index (χ3n) is 2.94. The Hall–Kier alpha value is -1.61. The summed E-state index contributed by atoms with van der Waals surface area (Å²) >= 11 is 0. The molecule has 0 amide bonds. The highest BCUT2D eigenvalue weighted by molar-refractivity contribution is 5.42. The van der Waals surface area contributed by atoms with Gasteiger partial charge in [-0.1, -0.05) is 19.1 Å². The molecule has 0 bridgehead atoms. The average molecular weight is 278 g/mol. The second-order valence-corrected chi connectivity index (χ2v) is 4.63. The number of nitrogens with zero attached hydrogens (tertiary/aromatic N) is 1. The van der Waals surface area contributed by atoms with E-state index >= 15 is 0 Å². The molecule has 0 aliphatic carbocycles. The summed E-state index contributed by atoms with van der Waals surface area (Å²) in [6, 6.07) is 8.97. The maximum atomic E-state index is 9.76. The molecule has 0 aromatic heterocycles. The molecule has 0 aliphatic heterocycles. The molecule has 0 saturated heterocycles. The number of para-hydroxylation sites is 1. The van der Waals surface area contributed by atoms with Crippen molar-refractivity contribution in [2.24, 2.45) is 0 Å². The molecule has 0 saturated carbocycles. The van der Waals surface area contributed by atoms with Crippen molar-refractivity contribution in [3.63, 3.8) is 0 Å². The zero-order chi connectivity index (χ0) is 14.8. The predicted molar refractivity (Wildman–Crippen MR) is 76.4 cm³/mol. The summed E-state index contributed by atoms with van der Waals surface area (Å²) in [6.07, 6.45) is 0.457. The topological polar surface area (TPSA) is 85.5 Å². The van der Waals surface area contributed by atoms with E-state index in [1.54, 1.807) is 24.3 Å². The Kier molecular flexibility index (Phi) is 7.66. The van der Waals surface area contributed by atoms with Gasteiger partial charge in [-0.15, -0.1) is 0 Å². The monoisotopic (exact) mass is 278 g/mol. The van der Waals surface area contributed by atoms with Gasteiger partial charge in [0.2, 0.25) is 0 Å². The van der Waals surface area contributed by atoms with Gasteiger partial charge in [-0.2, -0.15) is 5.26 Å². The molecule has 0 spiro atoms. The summed E-state index contributed by atoms with van der Waals surface area (Å²) in [6.45, 7) is 3.11. The number of ether oxygens (including phenoxy) is 1. The van der Waals surface area contributed by atoms with Crippen molar-refractivity contribution in [2.75, 3.05) is 19.7 Å². The van der Waals surface area contributed by atoms with Crippen molar-refractivity contribution < 1.29 is 14.9 Å². The summed E-state index contributed by atoms with van der Waals surface area (Å²) in [4.78, 5) is 0. The predicted octanol–water partition coefficient (Wildman–Crippen LogP) is 1.05. The fourth-order valence-corrected chi connectivity index (χ4v) is 1.67. The number of rotatable bonds is 9. The summed E-state index contributed by atoms with van der Waals surface area (Å²) in [7, 11) is 0. The number of benzene rings is 1. The molecule has 2 atom stereocenters. The van der Waals surface area contributed by atoms with Crippen LogP contribution in [0.5, 0.6) is 5.75 Å². The summed E-state index contributed by atoms with van der Waals surface area (Å²) in [5.41, 5.74) is 0.457. The van der Waals surface area contributed by atoms with Crippen molar-refractivity contribution >= 4 is 0 Å². The molecule has 5 heteroatoms. The van der Waals surface area contributed by atoms with E-state index in [2.05, 4.69) is 5.32 Å². The normalized spacial score (nSPS) is 13.5. The number of hydrogen-bond donors (Lipinski definition) is 3. The third-order valence-corrected chi connectivity index (χ3v) is 2.94. The molecular weight excluding hydrogens is 256 g/mol. The molecule has 2 unspecified atom stereocenters. The Labute approximate surface area is 119 Å². The van der Waals surface area contributed by atoms with Crippen LogP contribution in [-0.4, -0.2) is 42.1 Å². The fourth-order valence-electron chi connectivity index (χ4n) is 1.67. The van der Waals surface area contributed by atoms with Crippen LogP contribution in [-0.2, 0) is 0 Å². The zero-order valence-electron chi connectivity index (χ0n) is 11.7. The Bertz CT molecular complexity index is 431. The highest BCUT2D eigenvalue weighted by Gasteiger charge is 2.08. The Morgan fingerprint density at radius 1 is 1.30 bits per heavy atom. The minimum atomic E-state index is -0.652. The summed E-state index contributed by atoms with van der Waals surface area (Å²) < 4.78 is 5.43. The lowest BCUT2D eigenvalue weighted by atomic mass is 10.2. The largest absolute Gasteiger partial charge is 0.489 e. The van der Waals surface area contributed by atoms with Gasteiger partial charge in [0.25, 0.3) is 0 Å². The van der Waals surface area contributed by atoms with E-state index in [-0.39, 0.29) is 12.7 Å². The van der Waals surface area contributed by atoms with Gasteiger partial charge in [0.1, 0.15) is 24.5 Å². The minimum Gasteiger partial charge on any atom is -0.489 e. The first-order chi connectivity index (χ1) is 9.67. The van der Waals surface area contributed by atoms with Crippen LogP contribution < -0.4 is 10.1 Å². The Morgan fingerprint density at radius 2 is 2.05 bits per heavy atom. The molecule has 110 valence electrons. The maximum absolute atomic E-state index is 9.76. The van der Waals surface area contributed by atoms with Crippen molar-refractivity contribution in [2.45, 2.75) is 32.0 Å². The van der Waals surface area contributed by atoms with Gasteiger partial charge in [0.15, 0.2) is 0 Å². The van der Waals surface area contributed by atoms with E-state index in [4.69, 9.17) is 10.00 Å². The van der Waals surface area contributed by atoms with Gasteiger partial charge < -0.3 is 20.3 Å². The second kappa shape index (κ2) is 9.32. The second-order valence-electron chi connectivity index (χ2n) is 4.63. The van der Waals surface area contributed by atoms with Crippen LogP contribution in [0.15, 0.2) is 24.3 Å². The molecule has 1 aromatic carbocycles. The quantitative estimate of drug-likeness (QED) is 0.588. The van der Waals surface area contributed by atoms with Gasteiger partial charge in [-0.3, -0.25) is 0 Å². The number of nitrogens with one attached hydrogen (secondary N) is 1. The molecule has 0 heterocycles. The van der Waals surface area contributed by atoms with Gasteiger partial charge in [0.05, 0.1) is 11.7 Å². The van der Waals surface area contributed by atoms with Crippen molar-refractivity contribution in [3.8, 4) is 11.8 Å². The Balaban J connectivity index is 2.23. The molecule has 3 N–H and O–H groups in total. The lowest BCUT2D eigenvalue weighted by Gasteiger charge is -2.14. The van der Waals surface area contributed by atoms with Gasteiger partial charge in [-0.05, 0) is 31.5 Å². The first kappa shape index (κ1) is 16.4. The zero-order valence-corrected chi connectivity index (χ0v) is 11.7. The van der Waals surface area contributed by atoms with Crippen LogP contribution in [0, 0.1) is 11.3 Å². The SMILES string of the molecule is CCC(O)CCNCC(O)COc1ccccc1C#N. The lowest BCUT2D eigenvalue weighted by Crippen LogP contribution is -2.33. The van der Waals surface area contributed by atoms with Crippen LogP contribution in [0.3, 0.4) is 0 Å². The maximum Gasteiger partial charge on any atom is 0.137 e.